The first-order valence-electron chi connectivity index (χ1n) is 6.90. The van der Waals surface area contributed by atoms with Crippen molar-refractivity contribution in [1.29, 1.82) is 0 Å². The lowest BCUT2D eigenvalue weighted by Crippen LogP contribution is -2.58. The average molecular weight is 329 g/mol. The second kappa shape index (κ2) is 7.21. The summed E-state index contributed by atoms with van der Waals surface area (Å²) in [5.74, 6) is -0.795. The number of hydrogen-bond donors (Lipinski definition) is 6. The molecule has 0 unspecified atom stereocenters. The molecule has 0 amide bonds. The molecule has 9 nitrogen and oxygen atoms in total. The van der Waals surface area contributed by atoms with Crippen LogP contribution in [0.4, 0.5) is 0 Å². The van der Waals surface area contributed by atoms with Crippen LogP contribution in [0.5, 0.6) is 5.75 Å². The van der Waals surface area contributed by atoms with Gasteiger partial charge in [0.25, 0.3) is 0 Å². The van der Waals surface area contributed by atoms with Gasteiger partial charge in [0.1, 0.15) is 42.8 Å². The van der Waals surface area contributed by atoms with Crippen molar-refractivity contribution in [2.75, 3.05) is 6.61 Å². The largest absolute Gasteiger partial charge is 0.491 e. The Morgan fingerprint density at radius 1 is 1.13 bits per heavy atom. The highest BCUT2D eigenvalue weighted by molar-refractivity contribution is 5.75. The third-order valence-corrected chi connectivity index (χ3v) is 3.61. The fourth-order valence-corrected chi connectivity index (χ4v) is 2.16. The first kappa shape index (κ1) is 17.6. The fourth-order valence-electron chi connectivity index (χ4n) is 2.16. The second-order valence-electron chi connectivity index (χ2n) is 5.23. The van der Waals surface area contributed by atoms with Crippen LogP contribution < -0.4 is 10.5 Å². The number of carboxylic acid groups (broad SMARTS) is 1. The van der Waals surface area contributed by atoms with Gasteiger partial charge in [-0.3, -0.25) is 4.79 Å². The van der Waals surface area contributed by atoms with Gasteiger partial charge in [0, 0.05) is 0 Å². The van der Waals surface area contributed by atoms with E-state index in [0.29, 0.717) is 11.3 Å². The molecule has 1 saturated heterocycles. The van der Waals surface area contributed by atoms with Gasteiger partial charge in [0.15, 0.2) is 6.29 Å². The molecule has 23 heavy (non-hydrogen) atoms. The number of benzene rings is 1. The monoisotopic (exact) mass is 329 g/mol. The molecule has 7 N–H and O–H groups in total. The van der Waals surface area contributed by atoms with E-state index < -0.39 is 42.7 Å². The summed E-state index contributed by atoms with van der Waals surface area (Å²) in [4.78, 5) is 10.8. The van der Waals surface area contributed by atoms with Crippen molar-refractivity contribution in [3.63, 3.8) is 0 Å². The van der Waals surface area contributed by atoms with Crippen LogP contribution in [0.3, 0.4) is 0 Å². The molecule has 0 spiro atoms. The molecule has 0 aliphatic carbocycles. The maximum atomic E-state index is 10.8. The smallest absolute Gasteiger partial charge is 0.325 e. The molecular formula is C14H19NO8. The van der Waals surface area contributed by atoms with Crippen LogP contribution in [0.25, 0.3) is 0 Å². The molecule has 9 heteroatoms. The molecule has 1 fully saturated rings. The van der Waals surface area contributed by atoms with Crippen molar-refractivity contribution in [2.24, 2.45) is 5.73 Å². The van der Waals surface area contributed by atoms with Gasteiger partial charge in [0.2, 0.25) is 0 Å². The number of nitrogens with two attached hydrogens (primary N) is 1. The summed E-state index contributed by atoms with van der Waals surface area (Å²) in [5.41, 5.74) is 5.86. The molecule has 0 radical (unpaired) electrons. The molecule has 1 aromatic rings. The summed E-state index contributed by atoms with van der Waals surface area (Å²) in [7, 11) is 0. The normalized spacial score (nSPS) is 32.3. The lowest BCUT2D eigenvalue weighted by Gasteiger charge is -2.38. The summed E-state index contributed by atoms with van der Waals surface area (Å²) in [6.45, 7) is -0.188. The first-order valence-corrected chi connectivity index (χ1v) is 6.90. The molecular weight excluding hydrogens is 310 g/mol. The number of ether oxygens (including phenoxy) is 2. The minimum atomic E-state index is -1.63. The molecule has 1 heterocycles. The first-order chi connectivity index (χ1) is 10.8. The van der Waals surface area contributed by atoms with E-state index >= 15 is 0 Å². The minimum Gasteiger partial charge on any atom is -0.491 e. The Morgan fingerprint density at radius 2 is 1.74 bits per heavy atom. The topological polar surface area (TPSA) is 163 Å². The standard InChI is InChI=1S/C14H19NO8/c15-9(13(19)20)6-1-3-7(4-2-6)22-5-8-10(16)11(17)12(18)14(21)23-8/h1-4,8-12,14,16-18,21H,5,15H2,(H,19,20)/t8-,9-,10-,11+,12-,14-/m1/s1. The van der Waals surface area contributed by atoms with E-state index in [4.69, 9.17) is 20.3 Å². The van der Waals surface area contributed by atoms with Gasteiger partial charge in [-0.15, -0.1) is 0 Å². The average Bonchev–Trinajstić information content (AvgIpc) is 2.54. The van der Waals surface area contributed by atoms with Gasteiger partial charge < -0.3 is 40.7 Å². The van der Waals surface area contributed by atoms with E-state index in [9.17, 15) is 25.2 Å². The van der Waals surface area contributed by atoms with E-state index in [1.807, 2.05) is 0 Å². The van der Waals surface area contributed by atoms with Gasteiger partial charge in [-0.05, 0) is 17.7 Å². The van der Waals surface area contributed by atoms with E-state index in [2.05, 4.69) is 0 Å². The third-order valence-electron chi connectivity index (χ3n) is 3.61. The molecule has 1 aromatic carbocycles. The van der Waals surface area contributed by atoms with E-state index in [-0.39, 0.29) is 6.61 Å². The van der Waals surface area contributed by atoms with Crippen molar-refractivity contribution in [3.8, 4) is 5.75 Å². The maximum absolute atomic E-state index is 10.8. The summed E-state index contributed by atoms with van der Waals surface area (Å²) >= 11 is 0. The molecule has 0 bridgehead atoms. The van der Waals surface area contributed by atoms with Crippen molar-refractivity contribution in [2.45, 2.75) is 36.7 Å². The lowest BCUT2D eigenvalue weighted by molar-refractivity contribution is -0.285. The highest BCUT2D eigenvalue weighted by Gasteiger charge is 2.43. The van der Waals surface area contributed by atoms with Crippen molar-refractivity contribution in [1.82, 2.24) is 0 Å². The van der Waals surface area contributed by atoms with Crippen molar-refractivity contribution >= 4 is 5.97 Å². The van der Waals surface area contributed by atoms with E-state index in [1.54, 1.807) is 0 Å². The van der Waals surface area contributed by atoms with Gasteiger partial charge >= 0.3 is 5.97 Å². The summed E-state index contributed by atoms with van der Waals surface area (Å²) < 4.78 is 10.3. The van der Waals surface area contributed by atoms with Gasteiger partial charge in [0.05, 0.1) is 0 Å². The number of carbonyl (C=O) groups is 1. The number of rotatable bonds is 5. The SMILES string of the molecule is N[C@@H](C(=O)O)c1ccc(OC[C@H]2O[C@@H](O)[C@H](O)[C@@H](O)[C@@H]2O)cc1. The molecule has 1 aliphatic heterocycles. The Hall–Kier alpha value is -1.75. The van der Waals surface area contributed by atoms with Crippen LogP contribution >= 0.6 is 0 Å². The zero-order chi connectivity index (χ0) is 17.1. The number of aliphatic carboxylic acids is 1. The maximum Gasteiger partial charge on any atom is 0.325 e. The van der Waals surface area contributed by atoms with Crippen LogP contribution in [0.2, 0.25) is 0 Å². The predicted octanol–water partition coefficient (Wildman–Crippen LogP) is -2.05. The number of aliphatic hydroxyl groups is 4. The van der Waals surface area contributed by atoms with Crippen LogP contribution in [0, 0.1) is 0 Å². The Labute approximate surface area is 131 Å². The Morgan fingerprint density at radius 3 is 2.30 bits per heavy atom. The quantitative estimate of drug-likeness (QED) is 0.357. The zero-order valence-electron chi connectivity index (χ0n) is 12.0. The van der Waals surface area contributed by atoms with Crippen LogP contribution in [-0.2, 0) is 9.53 Å². The Kier molecular flexibility index (Phi) is 5.52. The molecule has 0 saturated carbocycles. The minimum absolute atomic E-state index is 0.188. The van der Waals surface area contributed by atoms with Crippen LogP contribution in [0.1, 0.15) is 11.6 Å². The van der Waals surface area contributed by atoms with Crippen molar-refractivity contribution in [3.05, 3.63) is 29.8 Å². The molecule has 128 valence electrons. The summed E-state index contributed by atoms with van der Waals surface area (Å²) in [5, 5.41) is 46.9. The number of aliphatic hydroxyl groups excluding tert-OH is 4. The van der Waals surface area contributed by atoms with Gasteiger partial charge in [-0.25, -0.2) is 0 Å². The van der Waals surface area contributed by atoms with Gasteiger partial charge in [-0.1, -0.05) is 12.1 Å². The third kappa shape index (κ3) is 3.96. The van der Waals surface area contributed by atoms with E-state index in [1.165, 1.54) is 24.3 Å². The predicted molar refractivity (Wildman–Crippen MR) is 75.4 cm³/mol. The number of hydrogen-bond acceptors (Lipinski definition) is 8. The number of carboxylic acids is 1. The molecule has 0 aromatic heterocycles. The van der Waals surface area contributed by atoms with E-state index in [0.717, 1.165) is 0 Å². The zero-order valence-corrected chi connectivity index (χ0v) is 12.0. The van der Waals surface area contributed by atoms with Gasteiger partial charge in [-0.2, -0.15) is 0 Å². The molecule has 6 atom stereocenters. The van der Waals surface area contributed by atoms with Crippen LogP contribution in [-0.4, -0.2) is 68.8 Å². The fraction of sp³-hybridized carbons (Fsp3) is 0.500. The lowest BCUT2D eigenvalue weighted by atomic mass is 9.99. The molecule has 2 rings (SSSR count). The Bertz CT molecular complexity index is 536. The van der Waals surface area contributed by atoms with Crippen LogP contribution in [0.15, 0.2) is 24.3 Å². The highest BCUT2D eigenvalue weighted by Crippen LogP contribution is 2.22. The summed E-state index contributed by atoms with van der Waals surface area (Å²) in [6.07, 6.45) is -7.24. The second-order valence-corrected chi connectivity index (χ2v) is 5.23. The highest BCUT2D eigenvalue weighted by atomic mass is 16.6. The van der Waals surface area contributed by atoms with Crippen molar-refractivity contribution < 1.29 is 39.8 Å². The Balaban J connectivity index is 1.94. The molecule has 1 aliphatic rings. The summed E-state index contributed by atoms with van der Waals surface area (Å²) in [6, 6.07) is 4.82.